The Morgan fingerprint density at radius 3 is 2.10 bits per heavy atom. The molecule has 5 aromatic rings. The van der Waals surface area contributed by atoms with Crippen LogP contribution in [0.4, 0.5) is 23.1 Å². The fraction of sp³-hybridized carbons (Fsp3) is 0.444. The lowest BCUT2D eigenvalue weighted by molar-refractivity contribution is -0.151. The Morgan fingerprint density at radius 1 is 0.899 bits per heavy atom. The summed E-state index contributed by atoms with van der Waals surface area (Å²) in [5.74, 6) is -3.31. The number of nitriles is 1. The van der Waals surface area contributed by atoms with Crippen LogP contribution >= 0.6 is 11.3 Å². The number of nitrogens with one attached hydrogen (secondary N) is 2. The molecular weight excluding hydrogens is 935 g/mol. The normalized spacial score (nSPS) is 12.0. The number of thiazole rings is 1. The highest BCUT2D eigenvalue weighted by molar-refractivity contribution is 7.89. The van der Waals surface area contributed by atoms with E-state index < -0.39 is 52.9 Å². The van der Waals surface area contributed by atoms with Crippen LogP contribution in [-0.2, 0) is 54.6 Å². The van der Waals surface area contributed by atoms with Crippen molar-refractivity contribution in [1.29, 1.82) is 5.26 Å². The van der Waals surface area contributed by atoms with Crippen LogP contribution in [0.5, 0.6) is 0 Å². The molecule has 24 heteroatoms. The summed E-state index contributed by atoms with van der Waals surface area (Å²) in [5.41, 5.74) is 4.79. The Balaban J connectivity index is 1.49. The van der Waals surface area contributed by atoms with Crippen LogP contribution in [-0.4, -0.2) is 126 Å². The molecule has 0 saturated heterocycles. The fourth-order valence-corrected chi connectivity index (χ4v) is 9.02. The van der Waals surface area contributed by atoms with E-state index in [-0.39, 0.29) is 71.2 Å². The Morgan fingerprint density at radius 2 is 1.52 bits per heavy atom. The van der Waals surface area contributed by atoms with E-state index in [9.17, 15) is 32.9 Å². The Bertz CT molecular complexity index is 2800. The molecule has 0 amide bonds. The van der Waals surface area contributed by atoms with E-state index in [1.807, 2.05) is 20.8 Å². The number of aliphatic carboxylic acids is 1. The molecule has 0 aliphatic carbocycles. The first-order valence-corrected chi connectivity index (χ1v) is 24.2. The second kappa shape index (κ2) is 24.9. The van der Waals surface area contributed by atoms with Gasteiger partial charge in [-0.3, -0.25) is 19.2 Å². The second-order valence-electron chi connectivity index (χ2n) is 15.6. The lowest BCUT2D eigenvalue weighted by Crippen LogP contribution is -2.40. The van der Waals surface area contributed by atoms with Gasteiger partial charge in [-0.25, -0.2) is 28.1 Å². The van der Waals surface area contributed by atoms with E-state index in [1.165, 1.54) is 36.0 Å². The maximum atomic E-state index is 13.8. The lowest BCUT2D eigenvalue weighted by Gasteiger charge is -2.20. The maximum Gasteiger partial charge on any atom is 0.321 e. The minimum absolute atomic E-state index is 0.00607. The van der Waals surface area contributed by atoms with Crippen LogP contribution < -0.4 is 10.6 Å². The number of aromatic nitrogens is 5. The van der Waals surface area contributed by atoms with Crippen LogP contribution in [0.3, 0.4) is 0 Å². The summed E-state index contributed by atoms with van der Waals surface area (Å²) in [4.78, 5) is 62.3. The molecule has 3 heterocycles. The molecule has 1 atom stereocenters. The molecule has 0 saturated carbocycles. The van der Waals surface area contributed by atoms with Gasteiger partial charge in [-0.1, -0.05) is 36.0 Å². The van der Waals surface area contributed by atoms with Crippen molar-refractivity contribution in [3.05, 3.63) is 70.2 Å². The molecule has 0 spiro atoms. The van der Waals surface area contributed by atoms with Gasteiger partial charge in [0.25, 0.3) is 0 Å². The summed E-state index contributed by atoms with van der Waals surface area (Å²) in [6.07, 6.45) is 2.47. The number of methoxy groups -OCH3 is 1. The smallest absolute Gasteiger partial charge is 0.321 e. The number of fused-ring (bicyclic) bond motifs is 1. The zero-order chi connectivity index (χ0) is 50.3. The average Bonchev–Trinajstić information content (AvgIpc) is 3.92. The summed E-state index contributed by atoms with van der Waals surface area (Å²) in [5, 5.41) is 39.7. The zero-order valence-corrected chi connectivity index (χ0v) is 41.0. The van der Waals surface area contributed by atoms with E-state index in [0.717, 1.165) is 33.6 Å². The van der Waals surface area contributed by atoms with Crippen LogP contribution in [0.1, 0.15) is 73.7 Å². The van der Waals surface area contributed by atoms with Crippen molar-refractivity contribution in [2.24, 2.45) is 16.1 Å². The highest BCUT2D eigenvalue weighted by atomic mass is 32.2. The number of hydrogen-bond donors (Lipinski definition) is 3. The van der Waals surface area contributed by atoms with Gasteiger partial charge in [0.05, 0.1) is 53.5 Å². The summed E-state index contributed by atoms with van der Waals surface area (Å²) < 4.78 is 50.6. The number of carbonyl (C=O) groups excluding carboxylic acids is 3. The van der Waals surface area contributed by atoms with Gasteiger partial charge in [-0.15, -0.1) is 15.3 Å². The van der Waals surface area contributed by atoms with Gasteiger partial charge in [0.2, 0.25) is 21.0 Å². The molecule has 3 aromatic heterocycles. The number of hydrogen-bond acceptors (Lipinski definition) is 20. The number of esters is 3. The minimum atomic E-state index is -4.44. The van der Waals surface area contributed by atoms with Gasteiger partial charge in [-0.2, -0.15) is 9.57 Å². The lowest BCUT2D eigenvalue weighted by atomic mass is 9.97. The van der Waals surface area contributed by atoms with Crippen molar-refractivity contribution in [3.8, 4) is 11.2 Å². The quantitative estimate of drug-likeness (QED) is 0.0244. The number of carboxylic acid groups (broad SMARTS) is 1. The van der Waals surface area contributed by atoms with E-state index >= 15 is 0 Å². The van der Waals surface area contributed by atoms with Crippen molar-refractivity contribution in [3.63, 3.8) is 0 Å². The molecular formula is C45H55N11O11S2. The monoisotopic (exact) mass is 989 g/mol. The maximum absolute atomic E-state index is 13.8. The SMILES string of the molecule is CCOC(=O)CN(CC(=O)OCC)S(=O)(=O)c1ccc2sc(-n3cc(C#N)c(N=Nc4c(NCCCOC)nc(Cc5c(C)cc(C)cc5C)nc4NCCCOC(=O)CC(C)C(=O)O)n3)nc2c1. The first-order valence-electron chi connectivity index (χ1n) is 21.9. The standard InChI is InChI=1S/C45H55N11O11S2/c1-8-65-38(58)25-55(26-39(59)66-9-2)69(62,63)32-12-13-35-34(21-32)49-45(68-35)56-24-31(23-46)41(54-56)53-52-40-42(47-14-10-16-64-7)50-36(22-33-28(4)18-27(3)19-29(33)5)51-43(40)48-15-11-17-67-37(57)20-30(6)44(60)61/h12-13,18-19,21,24,30H,8-11,14-17,20,22,25-26H2,1-7H3,(H,60,61)(H2,47,48,50,51). The third kappa shape index (κ3) is 14.5. The predicted molar refractivity (Wildman–Crippen MR) is 254 cm³/mol. The third-order valence-electron chi connectivity index (χ3n) is 10.2. The molecule has 2 aromatic carbocycles. The first-order chi connectivity index (χ1) is 33.0. The van der Waals surface area contributed by atoms with Gasteiger partial charge >= 0.3 is 23.9 Å². The Hall–Kier alpha value is -6.94. The first kappa shape index (κ1) is 53.0. The largest absolute Gasteiger partial charge is 0.481 e. The van der Waals surface area contributed by atoms with Crippen LogP contribution in [0.25, 0.3) is 15.3 Å². The Kier molecular flexibility index (Phi) is 19.1. The average molecular weight is 990 g/mol. The summed E-state index contributed by atoms with van der Waals surface area (Å²) in [7, 11) is -2.84. The molecule has 3 N–H and O–H groups in total. The molecule has 5 rings (SSSR count). The number of anilines is 2. The molecule has 0 aliphatic rings. The van der Waals surface area contributed by atoms with Gasteiger partial charge in [-0.05, 0) is 82.3 Å². The number of sulfonamides is 1. The van der Waals surface area contributed by atoms with Gasteiger partial charge in [0, 0.05) is 33.2 Å². The fourth-order valence-electron chi connectivity index (χ4n) is 6.80. The summed E-state index contributed by atoms with van der Waals surface area (Å²) in [6, 6.07) is 10.4. The number of nitrogens with zero attached hydrogens (tertiary/aromatic N) is 9. The highest BCUT2D eigenvalue weighted by Crippen LogP contribution is 2.35. The number of carbonyl (C=O) groups is 4. The van der Waals surface area contributed by atoms with Crippen molar-refractivity contribution >= 4 is 78.6 Å². The van der Waals surface area contributed by atoms with Crippen molar-refractivity contribution in [2.75, 3.05) is 70.3 Å². The molecule has 0 bridgehead atoms. The topological polar surface area (TPSA) is 292 Å². The molecule has 1 unspecified atom stereocenters. The number of benzene rings is 2. The van der Waals surface area contributed by atoms with Crippen molar-refractivity contribution < 1.29 is 51.6 Å². The molecule has 0 radical (unpaired) electrons. The van der Waals surface area contributed by atoms with Crippen LogP contribution in [0, 0.1) is 38.0 Å². The van der Waals surface area contributed by atoms with Crippen LogP contribution in [0.15, 0.2) is 51.7 Å². The van der Waals surface area contributed by atoms with Gasteiger partial charge in [0.15, 0.2) is 17.3 Å². The van der Waals surface area contributed by atoms with Gasteiger partial charge < -0.3 is 34.7 Å². The molecule has 69 heavy (non-hydrogen) atoms. The summed E-state index contributed by atoms with van der Waals surface area (Å²) in [6.45, 7) is 10.4. The van der Waals surface area contributed by atoms with Crippen molar-refractivity contribution in [2.45, 2.75) is 72.1 Å². The molecule has 0 fully saturated rings. The third-order valence-corrected chi connectivity index (χ3v) is 13.0. The zero-order valence-electron chi connectivity index (χ0n) is 39.4. The highest BCUT2D eigenvalue weighted by Gasteiger charge is 2.31. The van der Waals surface area contributed by atoms with E-state index in [0.29, 0.717) is 53.1 Å². The number of aryl methyl sites for hydroxylation is 3. The summed E-state index contributed by atoms with van der Waals surface area (Å²) >= 11 is 1.14. The number of carboxylic acids is 1. The predicted octanol–water partition coefficient (Wildman–Crippen LogP) is 6.10. The Labute approximate surface area is 403 Å². The van der Waals surface area contributed by atoms with Crippen molar-refractivity contribution in [1.82, 2.24) is 29.0 Å². The number of rotatable bonds is 26. The van der Waals surface area contributed by atoms with E-state index in [1.54, 1.807) is 21.0 Å². The minimum Gasteiger partial charge on any atom is -0.481 e. The molecule has 368 valence electrons. The van der Waals surface area contributed by atoms with Gasteiger partial charge in [0.1, 0.15) is 30.5 Å². The number of ether oxygens (including phenoxy) is 4. The van der Waals surface area contributed by atoms with E-state index in [4.69, 9.17) is 34.0 Å². The number of azo groups is 1. The van der Waals surface area contributed by atoms with E-state index in [2.05, 4.69) is 49.1 Å². The second-order valence-corrected chi connectivity index (χ2v) is 18.5. The van der Waals surface area contributed by atoms with Crippen LogP contribution in [0.2, 0.25) is 0 Å². The molecule has 0 aliphatic heterocycles. The molecule has 22 nitrogen and oxygen atoms in total.